The second-order valence-corrected chi connectivity index (χ2v) is 2.15. The minimum Gasteiger partial charge on any atom is -0.318 e. The predicted octanol–water partition coefficient (Wildman–Crippen LogP) is 1.31. The van der Waals surface area contributed by atoms with Crippen LogP contribution < -0.4 is 0 Å². The molecule has 0 spiro atoms. The van der Waals surface area contributed by atoms with Crippen molar-refractivity contribution in [3.05, 3.63) is 11.9 Å². The van der Waals surface area contributed by atoms with Gasteiger partial charge in [-0.15, -0.1) is 0 Å². The molecule has 3 heteroatoms. The smallest absolute Gasteiger partial charge is 0.228 e. The van der Waals surface area contributed by atoms with Gasteiger partial charge in [0.05, 0.1) is 5.69 Å². The Morgan fingerprint density at radius 2 is 2.50 bits per heavy atom. The second-order valence-electron chi connectivity index (χ2n) is 2.15. The lowest BCUT2D eigenvalue weighted by Crippen LogP contribution is -1.81. The summed E-state index contributed by atoms with van der Waals surface area (Å²) in [6.07, 6.45) is 2.91. The first kappa shape index (κ1) is 6.99. The van der Waals surface area contributed by atoms with Crippen molar-refractivity contribution in [2.24, 2.45) is 12.0 Å². The van der Waals surface area contributed by atoms with Crippen molar-refractivity contribution in [2.45, 2.75) is 13.3 Å². The molecular formula is C7H11N3. The van der Waals surface area contributed by atoms with Gasteiger partial charge in [-0.25, -0.2) is 9.98 Å². The van der Waals surface area contributed by atoms with Crippen molar-refractivity contribution in [3.63, 3.8) is 0 Å². The molecule has 0 bridgehead atoms. The van der Waals surface area contributed by atoms with Crippen LogP contribution in [0.15, 0.2) is 11.2 Å². The normalized spacial score (nSPS) is 9.80. The van der Waals surface area contributed by atoms with Gasteiger partial charge in [-0.1, -0.05) is 6.92 Å². The van der Waals surface area contributed by atoms with Gasteiger partial charge in [0.15, 0.2) is 0 Å². The van der Waals surface area contributed by atoms with Gasteiger partial charge < -0.3 is 4.57 Å². The summed E-state index contributed by atoms with van der Waals surface area (Å²) in [6.45, 7) is 5.47. The maximum atomic E-state index is 4.18. The maximum Gasteiger partial charge on any atom is 0.228 e. The van der Waals surface area contributed by atoms with Crippen LogP contribution in [0, 0.1) is 0 Å². The van der Waals surface area contributed by atoms with E-state index in [0.29, 0.717) is 5.95 Å². The molecule has 0 aliphatic heterocycles. The molecule has 10 heavy (non-hydrogen) atoms. The highest BCUT2D eigenvalue weighted by Gasteiger charge is 1.98. The average Bonchev–Trinajstić information content (AvgIpc) is 2.30. The summed E-state index contributed by atoms with van der Waals surface area (Å²) in [5, 5.41) is 0. The lowest BCUT2D eigenvalue weighted by molar-refractivity contribution is 0.912. The van der Waals surface area contributed by atoms with Crippen molar-refractivity contribution >= 4 is 12.7 Å². The van der Waals surface area contributed by atoms with Crippen LogP contribution in [0.2, 0.25) is 0 Å². The Morgan fingerprint density at radius 1 is 1.80 bits per heavy atom. The summed E-state index contributed by atoms with van der Waals surface area (Å²) in [7, 11) is 1.91. The number of nitrogens with zero attached hydrogens (tertiary/aromatic N) is 3. The zero-order valence-electron chi connectivity index (χ0n) is 6.33. The Balaban J connectivity index is 3.03. The molecule has 0 N–H and O–H groups in total. The van der Waals surface area contributed by atoms with E-state index in [4.69, 9.17) is 0 Å². The molecule has 1 rings (SSSR count). The zero-order chi connectivity index (χ0) is 7.56. The zero-order valence-corrected chi connectivity index (χ0v) is 6.33. The molecule has 0 aliphatic rings. The van der Waals surface area contributed by atoms with Crippen LogP contribution in [-0.2, 0) is 13.5 Å². The summed E-state index contributed by atoms with van der Waals surface area (Å²) in [5.41, 5.74) is 1.06. The Kier molecular flexibility index (Phi) is 1.85. The number of hydrogen-bond donors (Lipinski definition) is 0. The minimum absolute atomic E-state index is 0.692. The molecule has 0 atom stereocenters. The summed E-state index contributed by atoms with van der Waals surface area (Å²) in [4.78, 5) is 7.92. The molecule has 0 radical (unpaired) electrons. The maximum absolute atomic E-state index is 4.18. The standard InChI is InChI=1S/C7H11N3/c1-4-6-5-10(3)7(8-2)9-6/h5H,2,4H2,1,3H3. The fourth-order valence-corrected chi connectivity index (χ4v) is 0.835. The SMILES string of the molecule is C=Nc1nc(CC)cn1C. The third-order valence-corrected chi connectivity index (χ3v) is 1.41. The summed E-state index contributed by atoms with van der Waals surface area (Å²) >= 11 is 0. The van der Waals surface area contributed by atoms with Crippen LogP contribution >= 0.6 is 0 Å². The van der Waals surface area contributed by atoms with Gasteiger partial charge in [0.1, 0.15) is 0 Å². The highest BCUT2D eigenvalue weighted by molar-refractivity contribution is 5.35. The molecule has 0 unspecified atom stereocenters. The lowest BCUT2D eigenvalue weighted by Gasteiger charge is -1.88. The van der Waals surface area contributed by atoms with Crippen LogP contribution in [-0.4, -0.2) is 16.3 Å². The molecule has 0 amide bonds. The number of aliphatic imine (C=N–C) groups is 1. The van der Waals surface area contributed by atoms with Gasteiger partial charge in [0.25, 0.3) is 0 Å². The van der Waals surface area contributed by atoms with E-state index in [1.54, 1.807) is 0 Å². The topological polar surface area (TPSA) is 30.2 Å². The number of rotatable bonds is 2. The van der Waals surface area contributed by atoms with Gasteiger partial charge in [-0.05, 0) is 13.1 Å². The van der Waals surface area contributed by atoms with E-state index in [1.165, 1.54) is 0 Å². The minimum atomic E-state index is 0.692. The Morgan fingerprint density at radius 3 is 2.80 bits per heavy atom. The van der Waals surface area contributed by atoms with E-state index in [2.05, 4.69) is 23.6 Å². The fraction of sp³-hybridized carbons (Fsp3) is 0.429. The first-order chi connectivity index (χ1) is 4.77. The highest BCUT2D eigenvalue weighted by atomic mass is 15.1. The highest BCUT2D eigenvalue weighted by Crippen LogP contribution is 2.08. The van der Waals surface area contributed by atoms with Crippen molar-refractivity contribution in [1.82, 2.24) is 9.55 Å². The molecule has 0 aliphatic carbocycles. The number of imidazole rings is 1. The molecule has 3 nitrogen and oxygen atoms in total. The monoisotopic (exact) mass is 137 g/mol. The Bertz CT molecular complexity index is 237. The van der Waals surface area contributed by atoms with Crippen LogP contribution in [0.1, 0.15) is 12.6 Å². The van der Waals surface area contributed by atoms with E-state index in [-0.39, 0.29) is 0 Å². The van der Waals surface area contributed by atoms with E-state index in [9.17, 15) is 0 Å². The second kappa shape index (κ2) is 2.64. The third-order valence-electron chi connectivity index (χ3n) is 1.41. The molecular weight excluding hydrogens is 126 g/mol. The van der Waals surface area contributed by atoms with E-state index in [1.807, 2.05) is 17.8 Å². The van der Waals surface area contributed by atoms with Gasteiger partial charge in [0, 0.05) is 13.2 Å². The first-order valence-corrected chi connectivity index (χ1v) is 3.27. The van der Waals surface area contributed by atoms with Crippen molar-refractivity contribution in [3.8, 4) is 0 Å². The van der Waals surface area contributed by atoms with E-state index >= 15 is 0 Å². The van der Waals surface area contributed by atoms with Gasteiger partial charge in [-0.2, -0.15) is 0 Å². The van der Waals surface area contributed by atoms with Crippen molar-refractivity contribution in [1.29, 1.82) is 0 Å². The Labute approximate surface area is 60.4 Å². The van der Waals surface area contributed by atoms with Crippen LogP contribution in [0.5, 0.6) is 0 Å². The fourth-order valence-electron chi connectivity index (χ4n) is 0.835. The Hall–Kier alpha value is -1.12. The molecule has 0 saturated carbocycles. The molecule has 0 saturated heterocycles. The molecule has 1 aromatic rings. The summed E-state index contributed by atoms with van der Waals surface area (Å²) in [6, 6.07) is 0. The van der Waals surface area contributed by atoms with Gasteiger partial charge >= 0.3 is 0 Å². The third kappa shape index (κ3) is 1.07. The predicted molar refractivity (Wildman–Crippen MR) is 41.8 cm³/mol. The molecule has 54 valence electrons. The van der Waals surface area contributed by atoms with E-state index < -0.39 is 0 Å². The molecule has 0 fully saturated rings. The van der Waals surface area contributed by atoms with Crippen LogP contribution in [0.4, 0.5) is 5.95 Å². The van der Waals surface area contributed by atoms with Gasteiger partial charge in [0.2, 0.25) is 5.95 Å². The first-order valence-electron chi connectivity index (χ1n) is 3.27. The quantitative estimate of drug-likeness (QED) is 0.565. The van der Waals surface area contributed by atoms with Crippen LogP contribution in [0.25, 0.3) is 0 Å². The summed E-state index contributed by atoms with van der Waals surface area (Å²) in [5.74, 6) is 0.692. The molecule has 0 aromatic carbocycles. The van der Waals surface area contributed by atoms with Crippen molar-refractivity contribution in [2.75, 3.05) is 0 Å². The number of hydrogen-bond acceptors (Lipinski definition) is 2. The summed E-state index contributed by atoms with van der Waals surface area (Å²) < 4.78 is 1.87. The largest absolute Gasteiger partial charge is 0.318 e. The van der Waals surface area contributed by atoms with Gasteiger partial charge in [-0.3, -0.25) is 0 Å². The number of aromatic nitrogens is 2. The molecule has 1 aromatic heterocycles. The number of aryl methyl sites for hydroxylation is 2. The molecule has 1 heterocycles. The lowest BCUT2D eigenvalue weighted by atomic mass is 10.4. The van der Waals surface area contributed by atoms with E-state index in [0.717, 1.165) is 12.1 Å². The van der Waals surface area contributed by atoms with Crippen LogP contribution in [0.3, 0.4) is 0 Å². The average molecular weight is 137 g/mol. The van der Waals surface area contributed by atoms with Crippen molar-refractivity contribution < 1.29 is 0 Å².